The number of methoxy groups -OCH3 is 2. The number of ether oxygens (including phenoxy) is 2. The first kappa shape index (κ1) is 12.0. The lowest BCUT2D eigenvalue weighted by Crippen LogP contribution is -2.04. The Hall–Kier alpha value is -2.48. The van der Waals surface area contributed by atoms with Crippen LogP contribution in [0.3, 0.4) is 0 Å². The van der Waals surface area contributed by atoms with E-state index in [0.717, 1.165) is 0 Å². The van der Waals surface area contributed by atoms with E-state index in [1.807, 2.05) is 6.07 Å². The zero-order chi connectivity index (χ0) is 13.1. The Morgan fingerprint density at radius 2 is 2.06 bits per heavy atom. The van der Waals surface area contributed by atoms with Gasteiger partial charge in [0.2, 0.25) is 0 Å². The first-order chi connectivity index (χ1) is 8.69. The Balaban J connectivity index is 2.79. The van der Waals surface area contributed by atoms with E-state index >= 15 is 0 Å². The van der Waals surface area contributed by atoms with Crippen molar-refractivity contribution in [3.8, 4) is 17.6 Å². The molecule has 0 amide bonds. The molecule has 92 valence electrons. The van der Waals surface area contributed by atoms with Gasteiger partial charge in [-0.25, -0.2) is 4.79 Å². The Bertz CT molecular complexity index is 682. The Labute approximate surface area is 103 Å². The fourth-order valence-corrected chi connectivity index (χ4v) is 1.76. The van der Waals surface area contributed by atoms with Crippen molar-refractivity contribution >= 4 is 10.8 Å². The van der Waals surface area contributed by atoms with Crippen molar-refractivity contribution in [3.05, 3.63) is 34.4 Å². The summed E-state index contributed by atoms with van der Waals surface area (Å²) in [6, 6.07) is 6.90. The molecular formula is C13H11NO4. The van der Waals surface area contributed by atoms with Crippen LogP contribution in [0.4, 0.5) is 0 Å². The summed E-state index contributed by atoms with van der Waals surface area (Å²) in [5.41, 5.74) is -0.516. The van der Waals surface area contributed by atoms with Crippen molar-refractivity contribution in [3.63, 3.8) is 0 Å². The largest absolute Gasteiger partial charge is 0.497 e. The molecule has 0 atom stereocenters. The molecule has 0 saturated heterocycles. The van der Waals surface area contributed by atoms with Gasteiger partial charge in [-0.2, -0.15) is 5.26 Å². The van der Waals surface area contributed by atoms with Crippen LogP contribution in [-0.2, 0) is 6.42 Å². The topological polar surface area (TPSA) is 72.5 Å². The first-order valence-corrected chi connectivity index (χ1v) is 5.25. The third-order valence-electron chi connectivity index (χ3n) is 2.56. The maximum Gasteiger partial charge on any atom is 0.347 e. The minimum absolute atomic E-state index is 0.0463. The van der Waals surface area contributed by atoms with Gasteiger partial charge in [-0.3, -0.25) is 0 Å². The van der Waals surface area contributed by atoms with Crippen LogP contribution in [0, 0.1) is 11.3 Å². The van der Waals surface area contributed by atoms with E-state index in [-0.39, 0.29) is 6.42 Å². The van der Waals surface area contributed by atoms with Crippen LogP contribution >= 0.6 is 0 Å². The molecule has 0 aliphatic carbocycles. The van der Waals surface area contributed by atoms with Crippen LogP contribution in [0.25, 0.3) is 10.8 Å². The molecule has 0 radical (unpaired) electrons. The number of rotatable bonds is 3. The second-order valence-electron chi connectivity index (χ2n) is 3.63. The van der Waals surface area contributed by atoms with Gasteiger partial charge in [0, 0.05) is 6.07 Å². The minimum atomic E-state index is -0.516. The highest BCUT2D eigenvalue weighted by atomic mass is 16.5. The van der Waals surface area contributed by atoms with E-state index in [1.54, 1.807) is 18.2 Å². The number of benzene rings is 1. The van der Waals surface area contributed by atoms with E-state index in [9.17, 15) is 4.79 Å². The lowest BCUT2D eigenvalue weighted by Gasteiger charge is -2.08. The van der Waals surface area contributed by atoms with Gasteiger partial charge in [0.15, 0.2) is 0 Å². The van der Waals surface area contributed by atoms with E-state index in [4.69, 9.17) is 19.2 Å². The molecule has 2 aromatic rings. The molecule has 1 heterocycles. The van der Waals surface area contributed by atoms with Gasteiger partial charge in [0.1, 0.15) is 22.6 Å². The third kappa shape index (κ3) is 2.00. The van der Waals surface area contributed by atoms with Crippen molar-refractivity contribution in [2.24, 2.45) is 0 Å². The summed E-state index contributed by atoms with van der Waals surface area (Å²) in [5.74, 6) is 1.29. The molecule has 5 heteroatoms. The molecular weight excluding hydrogens is 234 g/mol. The predicted octanol–water partition coefficient (Wildman–Crippen LogP) is 1.88. The molecule has 5 nitrogen and oxygen atoms in total. The number of nitrogens with zero attached hydrogens (tertiary/aromatic N) is 1. The number of hydrogen-bond acceptors (Lipinski definition) is 5. The zero-order valence-electron chi connectivity index (χ0n) is 10.0. The SMILES string of the molecule is COc1cc(OC)c2c(=O)oc(CC#N)cc2c1. The molecule has 1 aromatic carbocycles. The quantitative estimate of drug-likeness (QED) is 0.825. The van der Waals surface area contributed by atoms with Crippen LogP contribution < -0.4 is 15.1 Å². The first-order valence-electron chi connectivity index (χ1n) is 5.25. The van der Waals surface area contributed by atoms with Gasteiger partial charge in [0.05, 0.1) is 26.7 Å². The van der Waals surface area contributed by atoms with Crippen LogP contribution in [-0.4, -0.2) is 14.2 Å². The lowest BCUT2D eigenvalue weighted by atomic mass is 10.1. The highest BCUT2D eigenvalue weighted by Crippen LogP contribution is 2.29. The Kier molecular flexibility index (Phi) is 3.20. The standard InChI is InChI=1S/C13H11NO4/c1-16-10-6-8-5-9(3-4-14)18-13(15)12(8)11(7-10)17-2/h5-7H,3H2,1-2H3. The van der Waals surface area contributed by atoms with Gasteiger partial charge in [-0.1, -0.05) is 0 Å². The maximum atomic E-state index is 11.9. The molecule has 0 N–H and O–H groups in total. The fraction of sp³-hybridized carbons (Fsp3) is 0.231. The average molecular weight is 245 g/mol. The Morgan fingerprint density at radius 3 is 2.67 bits per heavy atom. The summed E-state index contributed by atoms with van der Waals surface area (Å²) in [6.45, 7) is 0. The minimum Gasteiger partial charge on any atom is -0.497 e. The molecule has 0 unspecified atom stereocenters. The van der Waals surface area contributed by atoms with Crippen molar-refractivity contribution in [2.75, 3.05) is 14.2 Å². The van der Waals surface area contributed by atoms with Crippen molar-refractivity contribution < 1.29 is 13.9 Å². The van der Waals surface area contributed by atoms with Crippen molar-refractivity contribution in [2.45, 2.75) is 6.42 Å². The van der Waals surface area contributed by atoms with Gasteiger partial charge in [-0.15, -0.1) is 0 Å². The molecule has 0 saturated carbocycles. The number of fused-ring (bicyclic) bond motifs is 1. The van der Waals surface area contributed by atoms with Gasteiger partial charge in [0.25, 0.3) is 0 Å². The fourth-order valence-electron chi connectivity index (χ4n) is 1.76. The highest BCUT2D eigenvalue weighted by molar-refractivity contribution is 5.88. The maximum absolute atomic E-state index is 11.9. The van der Waals surface area contributed by atoms with Crippen LogP contribution in [0.15, 0.2) is 27.4 Å². The number of nitriles is 1. The molecule has 1 aromatic heterocycles. The second-order valence-corrected chi connectivity index (χ2v) is 3.63. The van der Waals surface area contributed by atoms with Gasteiger partial charge < -0.3 is 13.9 Å². The molecule has 2 rings (SSSR count). The van der Waals surface area contributed by atoms with E-state index in [0.29, 0.717) is 28.0 Å². The average Bonchev–Trinajstić information content (AvgIpc) is 2.37. The molecule has 0 spiro atoms. The van der Waals surface area contributed by atoms with Gasteiger partial charge in [-0.05, 0) is 17.5 Å². The molecule has 0 bridgehead atoms. The van der Waals surface area contributed by atoms with E-state index < -0.39 is 5.63 Å². The summed E-state index contributed by atoms with van der Waals surface area (Å²) in [4.78, 5) is 11.9. The highest BCUT2D eigenvalue weighted by Gasteiger charge is 2.12. The molecule has 0 fully saturated rings. The number of hydrogen-bond donors (Lipinski definition) is 0. The van der Waals surface area contributed by atoms with Gasteiger partial charge >= 0.3 is 5.63 Å². The smallest absolute Gasteiger partial charge is 0.347 e. The predicted molar refractivity (Wildman–Crippen MR) is 64.9 cm³/mol. The summed E-state index contributed by atoms with van der Waals surface area (Å²) >= 11 is 0. The molecule has 0 aliphatic rings. The summed E-state index contributed by atoms with van der Waals surface area (Å²) in [6.07, 6.45) is 0.0463. The Morgan fingerprint density at radius 1 is 1.28 bits per heavy atom. The third-order valence-corrected chi connectivity index (χ3v) is 2.56. The summed E-state index contributed by atoms with van der Waals surface area (Å²) in [7, 11) is 3.00. The summed E-state index contributed by atoms with van der Waals surface area (Å²) in [5, 5.41) is 9.60. The van der Waals surface area contributed by atoms with E-state index in [2.05, 4.69) is 0 Å². The van der Waals surface area contributed by atoms with Crippen LogP contribution in [0.2, 0.25) is 0 Å². The molecule has 0 aliphatic heterocycles. The van der Waals surface area contributed by atoms with Crippen LogP contribution in [0.1, 0.15) is 5.76 Å². The monoisotopic (exact) mass is 245 g/mol. The van der Waals surface area contributed by atoms with Crippen LogP contribution in [0.5, 0.6) is 11.5 Å². The zero-order valence-corrected chi connectivity index (χ0v) is 10.0. The van der Waals surface area contributed by atoms with E-state index in [1.165, 1.54) is 14.2 Å². The second kappa shape index (κ2) is 4.80. The molecule has 18 heavy (non-hydrogen) atoms. The normalized spacial score (nSPS) is 10.1. The van der Waals surface area contributed by atoms with Crippen molar-refractivity contribution in [1.82, 2.24) is 0 Å². The summed E-state index contributed by atoms with van der Waals surface area (Å²) < 4.78 is 15.3. The van der Waals surface area contributed by atoms with Crippen molar-refractivity contribution in [1.29, 1.82) is 5.26 Å². The lowest BCUT2D eigenvalue weighted by molar-refractivity contribution is 0.396.